The lowest BCUT2D eigenvalue weighted by Crippen LogP contribution is -2.49. The summed E-state index contributed by atoms with van der Waals surface area (Å²) in [6.45, 7) is 8.25. The van der Waals surface area contributed by atoms with Gasteiger partial charge in [-0.25, -0.2) is 4.39 Å². The number of piperidine rings is 1. The molecular weight excluding hydrogens is 351 g/mol. The molecule has 150 valence electrons. The average molecular weight is 383 g/mol. The van der Waals surface area contributed by atoms with Crippen LogP contribution in [0.1, 0.15) is 51.6 Å². The first-order chi connectivity index (χ1) is 13.5. The quantitative estimate of drug-likeness (QED) is 0.665. The van der Waals surface area contributed by atoms with E-state index in [1.165, 1.54) is 17.7 Å². The van der Waals surface area contributed by atoms with E-state index >= 15 is 0 Å². The topological polar surface area (TPSA) is 23.6 Å². The van der Waals surface area contributed by atoms with Crippen molar-refractivity contribution < 1.29 is 9.18 Å². The van der Waals surface area contributed by atoms with Gasteiger partial charge in [0.05, 0.1) is 0 Å². The van der Waals surface area contributed by atoms with Crippen LogP contribution in [0.2, 0.25) is 0 Å². The summed E-state index contributed by atoms with van der Waals surface area (Å²) < 4.78 is 13.8. The Balaban J connectivity index is 1.79. The molecule has 4 heteroatoms. The molecule has 0 aliphatic carbocycles. The molecule has 1 fully saturated rings. The standard InChI is InChI=1S/C24H31FN2O/c1-4-24(28)27(23-14-8-13-22(25)16-23)19(3)21-12-9-15-26(17-21)18(2)20-10-6-5-7-11-20/h5-8,10-11,13-14,16,18-19,21H,4,9,12,15,17H2,1-3H3. The maximum Gasteiger partial charge on any atom is 0.226 e. The van der Waals surface area contributed by atoms with Crippen molar-refractivity contribution in [3.8, 4) is 0 Å². The van der Waals surface area contributed by atoms with Crippen molar-refractivity contribution in [2.75, 3.05) is 18.0 Å². The van der Waals surface area contributed by atoms with Gasteiger partial charge in [0.15, 0.2) is 0 Å². The Hall–Kier alpha value is -2.20. The first kappa shape index (κ1) is 20.5. The molecule has 2 aromatic carbocycles. The minimum absolute atomic E-state index is 0.0278. The van der Waals surface area contributed by atoms with Gasteiger partial charge in [0.1, 0.15) is 5.82 Å². The first-order valence-electron chi connectivity index (χ1n) is 10.4. The van der Waals surface area contributed by atoms with E-state index in [1.54, 1.807) is 6.07 Å². The minimum atomic E-state index is -0.304. The Labute approximate surface area is 168 Å². The van der Waals surface area contributed by atoms with E-state index in [1.807, 2.05) is 24.0 Å². The number of carbonyl (C=O) groups is 1. The molecule has 1 saturated heterocycles. The lowest BCUT2D eigenvalue weighted by molar-refractivity contribution is -0.119. The van der Waals surface area contributed by atoms with Gasteiger partial charge < -0.3 is 4.90 Å². The molecule has 1 heterocycles. The molecule has 2 aromatic rings. The van der Waals surface area contributed by atoms with Crippen molar-refractivity contribution in [1.29, 1.82) is 0 Å². The number of hydrogen-bond donors (Lipinski definition) is 0. The Kier molecular flexibility index (Phi) is 6.84. The molecule has 3 nitrogen and oxygen atoms in total. The van der Waals surface area contributed by atoms with Crippen molar-refractivity contribution in [3.05, 3.63) is 66.0 Å². The largest absolute Gasteiger partial charge is 0.309 e. The fourth-order valence-electron chi connectivity index (χ4n) is 4.34. The van der Waals surface area contributed by atoms with Gasteiger partial charge >= 0.3 is 0 Å². The predicted octanol–water partition coefficient (Wildman–Crippen LogP) is 5.43. The van der Waals surface area contributed by atoms with Gasteiger partial charge in [-0.15, -0.1) is 0 Å². The van der Waals surface area contributed by atoms with Crippen LogP contribution in [0.4, 0.5) is 10.1 Å². The Morgan fingerprint density at radius 3 is 2.61 bits per heavy atom. The monoisotopic (exact) mass is 382 g/mol. The summed E-state index contributed by atoms with van der Waals surface area (Å²) in [5.74, 6) is 0.103. The van der Waals surface area contributed by atoms with Crippen LogP contribution in [-0.4, -0.2) is 29.9 Å². The van der Waals surface area contributed by atoms with Crippen molar-refractivity contribution in [2.45, 2.75) is 52.1 Å². The third-order valence-electron chi connectivity index (χ3n) is 6.07. The summed E-state index contributed by atoms with van der Waals surface area (Å²) in [6.07, 6.45) is 2.61. The molecule has 0 radical (unpaired) electrons. The molecule has 28 heavy (non-hydrogen) atoms. The molecule has 1 aliphatic heterocycles. The third kappa shape index (κ3) is 4.61. The molecule has 3 unspecified atom stereocenters. The number of carbonyl (C=O) groups excluding carboxylic acids is 1. The molecule has 0 N–H and O–H groups in total. The van der Waals surface area contributed by atoms with E-state index in [4.69, 9.17) is 0 Å². The highest BCUT2D eigenvalue weighted by molar-refractivity contribution is 5.93. The van der Waals surface area contributed by atoms with E-state index in [0.29, 0.717) is 24.1 Å². The van der Waals surface area contributed by atoms with Crippen LogP contribution in [0.15, 0.2) is 54.6 Å². The van der Waals surface area contributed by atoms with Crippen LogP contribution >= 0.6 is 0 Å². The Morgan fingerprint density at radius 2 is 1.93 bits per heavy atom. The Morgan fingerprint density at radius 1 is 1.18 bits per heavy atom. The van der Waals surface area contributed by atoms with Gasteiger partial charge in [-0.3, -0.25) is 9.69 Å². The van der Waals surface area contributed by atoms with Crippen molar-refractivity contribution >= 4 is 11.6 Å². The second-order valence-electron chi connectivity index (χ2n) is 7.82. The number of amides is 1. The average Bonchev–Trinajstić information content (AvgIpc) is 2.74. The summed E-state index contributed by atoms with van der Waals surface area (Å²) >= 11 is 0. The van der Waals surface area contributed by atoms with Crippen LogP contribution in [0, 0.1) is 11.7 Å². The second-order valence-corrected chi connectivity index (χ2v) is 7.82. The fourth-order valence-corrected chi connectivity index (χ4v) is 4.34. The van der Waals surface area contributed by atoms with Crippen LogP contribution in [0.5, 0.6) is 0 Å². The van der Waals surface area contributed by atoms with Gasteiger partial charge in [-0.2, -0.15) is 0 Å². The predicted molar refractivity (Wildman–Crippen MR) is 113 cm³/mol. The minimum Gasteiger partial charge on any atom is -0.309 e. The molecule has 1 amide bonds. The zero-order chi connectivity index (χ0) is 20.1. The first-order valence-corrected chi connectivity index (χ1v) is 10.4. The SMILES string of the molecule is CCC(=O)N(c1cccc(F)c1)C(C)C1CCCN(C(C)c2ccccc2)C1. The van der Waals surface area contributed by atoms with Crippen LogP contribution in [0.25, 0.3) is 0 Å². The highest BCUT2D eigenvalue weighted by Gasteiger charge is 2.32. The van der Waals surface area contributed by atoms with Crippen LogP contribution in [0.3, 0.4) is 0 Å². The van der Waals surface area contributed by atoms with Crippen molar-refractivity contribution in [2.24, 2.45) is 5.92 Å². The van der Waals surface area contributed by atoms with Gasteiger partial charge in [-0.1, -0.05) is 43.3 Å². The molecule has 3 atom stereocenters. The number of likely N-dealkylation sites (tertiary alicyclic amines) is 1. The number of benzene rings is 2. The zero-order valence-electron chi connectivity index (χ0n) is 17.1. The molecule has 0 aromatic heterocycles. The molecule has 0 saturated carbocycles. The molecular formula is C24H31FN2O. The van der Waals surface area contributed by atoms with E-state index in [9.17, 15) is 9.18 Å². The van der Waals surface area contributed by atoms with Gasteiger partial charge in [0.2, 0.25) is 5.91 Å². The summed E-state index contributed by atoms with van der Waals surface area (Å²) in [5, 5.41) is 0. The van der Waals surface area contributed by atoms with Gasteiger partial charge in [0.25, 0.3) is 0 Å². The highest BCUT2D eigenvalue weighted by atomic mass is 19.1. The lowest BCUT2D eigenvalue weighted by Gasteiger charge is -2.42. The summed E-state index contributed by atoms with van der Waals surface area (Å²) in [6, 6.07) is 17.4. The van der Waals surface area contributed by atoms with Crippen LogP contribution < -0.4 is 4.90 Å². The number of nitrogens with zero attached hydrogens (tertiary/aromatic N) is 2. The van der Waals surface area contributed by atoms with Crippen molar-refractivity contribution in [1.82, 2.24) is 4.90 Å². The Bertz CT molecular complexity index is 779. The van der Waals surface area contributed by atoms with E-state index in [0.717, 1.165) is 25.9 Å². The fraction of sp³-hybridized carbons (Fsp3) is 0.458. The number of halogens is 1. The molecule has 3 rings (SSSR count). The smallest absolute Gasteiger partial charge is 0.226 e. The molecule has 1 aliphatic rings. The summed E-state index contributed by atoms with van der Waals surface area (Å²) in [7, 11) is 0. The molecule has 0 spiro atoms. The van der Waals surface area contributed by atoms with E-state index in [-0.39, 0.29) is 17.8 Å². The van der Waals surface area contributed by atoms with E-state index in [2.05, 4.69) is 43.0 Å². The second kappa shape index (κ2) is 9.33. The lowest BCUT2D eigenvalue weighted by atomic mass is 9.88. The maximum absolute atomic E-state index is 13.8. The highest BCUT2D eigenvalue weighted by Crippen LogP contribution is 2.31. The number of rotatable bonds is 6. The van der Waals surface area contributed by atoms with Gasteiger partial charge in [-0.05, 0) is 62.9 Å². The summed E-state index contributed by atoms with van der Waals surface area (Å²) in [4.78, 5) is 17.1. The maximum atomic E-state index is 13.8. The van der Waals surface area contributed by atoms with Crippen molar-refractivity contribution in [3.63, 3.8) is 0 Å². The van der Waals surface area contributed by atoms with E-state index < -0.39 is 0 Å². The van der Waals surface area contributed by atoms with Crippen LogP contribution in [-0.2, 0) is 4.79 Å². The van der Waals surface area contributed by atoms with Gasteiger partial charge in [0, 0.05) is 30.7 Å². The molecule has 0 bridgehead atoms. The summed E-state index contributed by atoms with van der Waals surface area (Å²) in [5.41, 5.74) is 1.98. The zero-order valence-corrected chi connectivity index (χ0v) is 17.1. The normalized spacial score (nSPS) is 19.8. The third-order valence-corrected chi connectivity index (χ3v) is 6.07. The number of hydrogen-bond acceptors (Lipinski definition) is 2. The number of anilines is 1.